The van der Waals surface area contributed by atoms with Gasteiger partial charge < -0.3 is 10.6 Å². The van der Waals surface area contributed by atoms with E-state index in [1.54, 1.807) is 18.3 Å². The average molecular weight is 498 g/mol. The normalized spacial score (nSPS) is 17.7. The number of carbonyl (C=O) groups excluding carboxylic acids is 1. The zero-order valence-corrected chi connectivity index (χ0v) is 21.4. The van der Waals surface area contributed by atoms with Crippen molar-refractivity contribution < 1.29 is 13.2 Å². The van der Waals surface area contributed by atoms with Crippen molar-refractivity contribution in [1.82, 2.24) is 24.5 Å². The van der Waals surface area contributed by atoms with Gasteiger partial charge in [-0.2, -0.15) is 13.5 Å². The molecule has 11 heteroatoms. The van der Waals surface area contributed by atoms with Crippen LogP contribution in [0.5, 0.6) is 0 Å². The molecule has 1 amide bonds. The van der Waals surface area contributed by atoms with E-state index >= 15 is 0 Å². The molecule has 0 aromatic carbocycles. The molecular weight excluding hydrogens is 466 g/mol. The van der Waals surface area contributed by atoms with Crippen molar-refractivity contribution in [2.45, 2.75) is 57.6 Å². The molecule has 3 N–H and O–H groups in total. The molecule has 1 unspecified atom stereocenters. The largest absolute Gasteiger partial charge is 0.384 e. The predicted molar refractivity (Wildman–Crippen MR) is 134 cm³/mol. The number of anilines is 2. The highest BCUT2D eigenvalue weighted by Crippen LogP contribution is 2.39. The second kappa shape index (κ2) is 8.95. The maximum absolute atomic E-state index is 13.3. The van der Waals surface area contributed by atoms with E-state index in [1.165, 1.54) is 18.2 Å². The lowest BCUT2D eigenvalue weighted by Gasteiger charge is -2.36. The van der Waals surface area contributed by atoms with Gasteiger partial charge in [-0.3, -0.25) is 9.48 Å². The quantitative estimate of drug-likeness (QED) is 0.530. The summed E-state index contributed by atoms with van der Waals surface area (Å²) >= 11 is 0. The molecule has 1 fully saturated rings. The van der Waals surface area contributed by atoms with Gasteiger partial charge in [-0.25, -0.2) is 14.7 Å². The van der Waals surface area contributed by atoms with Crippen LogP contribution in [0.4, 0.5) is 11.6 Å². The zero-order chi connectivity index (χ0) is 25.5. The van der Waals surface area contributed by atoms with Gasteiger partial charge in [-0.15, -0.1) is 0 Å². The van der Waals surface area contributed by atoms with Gasteiger partial charge in [0.2, 0.25) is 0 Å². The third kappa shape index (κ3) is 4.60. The predicted octanol–water partition coefficient (Wildman–Crippen LogP) is 3.25. The fraction of sp³-hybridized carbons (Fsp3) is 0.417. The summed E-state index contributed by atoms with van der Waals surface area (Å²) in [6.07, 6.45) is 2.64. The van der Waals surface area contributed by atoms with Crippen molar-refractivity contribution in [3.8, 4) is 11.4 Å². The van der Waals surface area contributed by atoms with E-state index in [-0.39, 0.29) is 28.0 Å². The Morgan fingerprint density at radius 2 is 1.91 bits per heavy atom. The van der Waals surface area contributed by atoms with E-state index in [0.29, 0.717) is 24.0 Å². The molecule has 1 aliphatic heterocycles. The lowest BCUT2D eigenvalue weighted by atomic mass is 9.90. The van der Waals surface area contributed by atoms with Gasteiger partial charge in [0, 0.05) is 24.3 Å². The van der Waals surface area contributed by atoms with Gasteiger partial charge in [-0.05, 0) is 70.4 Å². The second-order valence-corrected chi connectivity index (χ2v) is 11.3. The highest BCUT2D eigenvalue weighted by molar-refractivity contribution is 7.90. The summed E-state index contributed by atoms with van der Waals surface area (Å²) in [5, 5.41) is 4.07. The maximum Gasteiger partial charge on any atom is 0.281 e. The van der Waals surface area contributed by atoms with E-state index in [4.69, 9.17) is 10.7 Å². The lowest BCUT2D eigenvalue weighted by molar-refractivity contribution is 0.0981. The molecule has 0 radical (unpaired) electrons. The molecule has 3 aromatic rings. The summed E-state index contributed by atoms with van der Waals surface area (Å²) in [7, 11) is -4.23. The summed E-state index contributed by atoms with van der Waals surface area (Å²) in [5.74, 6) is 0.0458. The Morgan fingerprint density at radius 1 is 1.17 bits per heavy atom. The molecular formula is C24H31N7O3S. The topological polar surface area (TPSA) is 136 Å². The monoisotopic (exact) mass is 497 g/mol. The number of nitrogen functional groups attached to an aromatic ring is 1. The number of hydrogen-bond acceptors (Lipinski definition) is 8. The minimum Gasteiger partial charge on any atom is -0.384 e. The first-order valence-corrected chi connectivity index (χ1v) is 13.0. The molecule has 0 aliphatic carbocycles. The number of hydrogen-bond donors (Lipinski definition) is 2. The number of nitrogens with zero attached hydrogens (tertiary/aromatic N) is 5. The Hall–Kier alpha value is -3.47. The van der Waals surface area contributed by atoms with Gasteiger partial charge in [0.25, 0.3) is 15.9 Å². The Bertz CT molecular complexity index is 1360. The first-order chi connectivity index (χ1) is 16.4. The molecule has 186 valence electrons. The van der Waals surface area contributed by atoms with Crippen LogP contribution in [0.2, 0.25) is 0 Å². The Labute approximate surface area is 205 Å². The van der Waals surface area contributed by atoms with Crippen LogP contribution in [0.3, 0.4) is 0 Å². The van der Waals surface area contributed by atoms with Crippen LogP contribution in [0.15, 0.2) is 47.6 Å². The Kier molecular flexibility index (Phi) is 6.31. The molecule has 35 heavy (non-hydrogen) atoms. The first-order valence-electron chi connectivity index (χ1n) is 11.5. The summed E-state index contributed by atoms with van der Waals surface area (Å²) < 4.78 is 29.7. The van der Waals surface area contributed by atoms with E-state index in [1.807, 2.05) is 24.6 Å². The molecule has 3 aromatic heterocycles. The summed E-state index contributed by atoms with van der Waals surface area (Å²) in [4.78, 5) is 24.1. The molecule has 1 saturated heterocycles. The number of nitrogens with one attached hydrogen (secondary N) is 1. The van der Waals surface area contributed by atoms with Crippen LogP contribution in [0.1, 0.15) is 57.4 Å². The number of aromatic nitrogens is 4. The SMILES string of the molecule is CC(C)n1nccc1-c1ccc(C(=O)NS(=O)(=O)c2cccc(N)n2)c(N2CCC(C)C2(C)C)n1. The minimum absolute atomic E-state index is 0.0431. The molecule has 0 bridgehead atoms. The van der Waals surface area contributed by atoms with E-state index in [2.05, 4.69) is 40.5 Å². The fourth-order valence-corrected chi connectivity index (χ4v) is 5.26. The van der Waals surface area contributed by atoms with Crippen molar-refractivity contribution in [1.29, 1.82) is 0 Å². The summed E-state index contributed by atoms with van der Waals surface area (Å²) in [5.41, 5.74) is 6.98. The van der Waals surface area contributed by atoms with Gasteiger partial charge >= 0.3 is 0 Å². The summed E-state index contributed by atoms with van der Waals surface area (Å²) in [6, 6.07) is 9.55. The van der Waals surface area contributed by atoms with Crippen molar-refractivity contribution >= 4 is 27.6 Å². The van der Waals surface area contributed by atoms with Crippen molar-refractivity contribution in [2.75, 3.05) is 17.2 Å². The third-order valence-electron chi connectivity index (χ3n) is 6.73. The zero-order valence-electron chi connectivity index (χ0n) is 20.6. The van der Waals surface area contributed by atoms with Crippen molar-refractivity contribution in [2.24, 2.45) is 5.92 Å². The minimum atomic E-state index is -4.23. The number of pyridine rings is 2. The number of amides is 1. The highest BCUT2D eigenvalue weighted by atomic mass is 32.2. The third-order valence-corrected chi connectivity index (χ3v) is 7.96. The second-order valence-electron chi connectivity index (χ2n) is 9.65. The van der Waals surface area contributed by atoms with E-state index < -0.39 is 15.9 Å². The maximum atomic E-state index is 13.3. The van der Waals surface area contributed by atoms with Gasteiger partial charge in [0.05, 0.1) is 17.0 Å². The number of rotatable bonds is 6. The Morgan fingerprint density at radius 3 is 2.54 bits per heavy atom. The number of carbonyl (C=O) groups is 1. The highest BCUT2D eigenvalue weighted by Gasteiger charge is 2.41. The van der Waals surface area contributed by atoms with Crippen LogP contribution in [0.25, 0.3) is 11.4 Å². The van der Waals surface area contributed by atoms with Gasteiger partial charge in [0.15, 0.2) is 5.03 Å². The van der Waals surface area contributed by atoms with Crippen LogP contribution in [-0.2, 0) is 10.0 Å². The number of nitrogens with two attached hydrogens (primary N) is 1. The Balaban J connectivity index is 1.79. The van der Waals surface area contributed by atoms with E-state index in [9.17, 15) is 13.2 Å². The summed E-state index contributed by atoms with van der Waals surface area (Å²) in [6.45, 7) is 11.1. The molecule has 4 rings (SSSR count). The standard InChI is InChI=1S/C24H31N7O3S/c1-15(2)31-19(11-13-26-31)18-10-9-17(22(27-18)30-14-12-16(3)24(30,4)5)23(32)29-35(33,34)21-8-6-7-20(25)28-21/h6-11,13,15-16H,12,14H2,1-5H3,(H2,25,28)(H,29,32). The first kappa shape index (κ1) is 24.6. The lowest BCUT2D eigenvalue weighted by Crippen LogP contribution is -2.43. The number of sulfonamides is 1. The van der Waals surface area contributed by atoms with Crippen LogP contribution in [-0.4, -0.2) is 46.2 Å². The molecule has 4 heterocycles. The van der Waals surface area contributed by atoms with Crippen molar-refractivity contribution in [3.05, 3.63) is 48.2 Å². The molecule has 1 aliphatic rings. The van der Waals surface area contributed by atoms with Gasteiger partial charge in [-0.1, -0.05) is 13.0 Å². The smallest absolute Gasteiger partial charge is 0.281 e. The van der Waals surface area contributed by atoms with Crippen molar-refractivity contribution in [3.63, 3.8) is 0 Å². The van der Waals surface area contributed by atoms with E-state index in [0.717, 1.165) is 12.1 Å². The van der Waals surface area contributed by atoms with Gasteiger partial charge in [0.1, 0.15) is 11.6 Å². The fourth-order valence-electron chi connectivity index (χ4n) is 4.32. The average Bonchev–Trinajstić information content (AvgIpc) is 3.38. The van der Waals surface area contributed by atoms with Crippen LogP contribution < -0.4 is 15.4 Å². The molecule has 0 saturated carbocycles. The molecule has 1 atom stereocenters. The molecule has 10 nitrogen and oxygen atoms in total. The van der Waals surface area contributed by atoms with Crippen LogP contribution in [0, 0.1) is 5.92 Å². The molecule has 0 spiro atoms. The van der Waals surface area contributed by atoms with Crippen LogP contribution >= 0.6 is 0 Å².